The molecular weight excluding hydrogens is 558 g/mol. The topological polar surface area (TPSA) is 114 Å². The summed E-state index contributed by atoms with van der Waals surface area (Å²) in [6, 6.07) is 20.3. The largest absolute Gasteiger partial charge is 0.497 e. The Kier molecular flexibility index (Phi) is 11.6. The third kappa shape index (κ3) is 8.62. The predicted molar refractivity (Wildman–Crippen MR) is 163 cm³/mol. The molecule has 1 N–H and O–H groups in total. The molecule has 0 saturated carbocycles. The lowest BCUT2D eigenvalue weighted by Gasteiger charge is -2.33. The van der Waals surface area contributed by atoms with Crippen molar-refractivity contribution in [3.05, 3.63) is 83.9 Å². The third-order valence-corrected chi connectivity index (χ3v) is 7.78. The van der Waals surface area contributed by atoms with Crippen LogP contribution in [0.5, 0.6) is 17.2 Å². The van der Waals surface area contributed by atoms with Crippen LogP contribution in [0.3, 0.4) is 0 Å². The number of benzene rings is 3. The van der Waals surface area contributed by atoms with E-state index in [0.29, 0.717) is 23.8 Å². The first kappa shape index (κ1) is 32.3. The molecule has 3 aromatic carbocycles. The van der Waals surface area contributed by atoms with Crippen molar-refractivity contribution < 1.29 is 32.2 Å². The Morgan fingerprint density at radius 2 is 1.55 bits per heavy atom. The molecule has 0 saturated heterocycles. The fourth-order valence-electron chi connectivity index (χ4n) is 4.48. The molecule has 0 aliphatic rings. The van der Waals surface area contributed by atoms with Crippen LogP contribution < -0.4 is 23.8 Å². The summed E-state index contributed by atoms with van der Waals surface area (Å²) in [4.78, 5) is 29.2. The average molecular weight is 598 g/mol. The SMILES string of the molecule is CCCNC(=O)[C@@H](Cc1ccccc1)N(Cc1cccc(OC)c1)C(=O)CN(c1ccc(OC)c(OC)c1)S(C)(=O)=O. The number of sulfonamides is 1. The van der Waals surface area contributed by atoms with Crippen molar-refractivity contribution in [1.82, 2.24) is 10.2 Å². The van der Waals surface area contributed by atoms with Crippen LogP contribution in [0.25, 0.3) is 0 Å². The minimum atomic E-state index is -3.92. The van der Waals surface area contributed by atoms with E-state index in [-0.39, 0.29) is 24.6 Å². The zero-order valence-electron chi connectivity index (χ0n) is 24.7. The standard InChI is InChI=1S/C31H39N3O7S/c1-6-17-32-31(36)27(19-23-11-8-7-9-12-23)33(21-24-13-10-14-26(18-24)39-2)30(35)22-34(42(5,37)38)25-15-16-28(40-3)29(20-25)41-4/h7-16,18,20,27H,6,17,19,21-22H2,1-5H3,(H,32,36)/t27-/m1/s1. The number of nitrogens with zero attached hydrogens (tertiary/aromatic N) is 2. The molecular formula is C31H39N3O7S. The lowest BCUT2D eigenvalue weighted by Crippen LogP contribution is -2.53. The van der Waals surface area contributed by atoms with E-state index >= 15 is 0 Å². The van der Waals surface area contributed by atoms with E-state index in [1.807, 2.05) is 43.3 Å². The number of rotatable bonds is 15. The fourth-order valence-corrected chi connectivity index (χ4v) is 5.32. The van der Waals surface area contributed by atoms with Crippen molar-refractivity contribution in [2.45, 2.75) is 32.4 Å². The number of amides is 2. The number of nitrogens with one attached hydrogen (secondary N) is 1. The summed E-state index contributed by atoms with van der Waals surface area (Å²) in [7, 11) is 0.538. The summed E-state index contributed by atoms with van der Waals surface area (Å²) in [6.07, 6.45) is 1.98. The summed E-state index contributed by atoms with van der Waals surface area (Å²) < 4.78 is 43.0. The van der Waals surface area contributed by atoms with Gasteiger partial charge in [0.05, 0.1) is 33.3 Å². The van der Waals surface area contributed by atoms with Crippen LogP contribution in [-0.2, 0) is 32.6 Å². The Morgan fingerprint density at radius 3 is 2.17 bits per heavy atom. The Hall–Kier alpha value is -4.25. The number of anilines is 1. The molecule has 0 bridgehead atoms. The van der Waals surface area contributed by atoms with Crippen LogP contribution in [0.2, 0.25) is 0 Å². The van der Waals surface area contributed by atoms with Crippen molar-refractivity contribution >= 4 is 27.5 Å². The van der Waals surface area contributed by atoms with E-state index < -0.39 is 28.5 Å². The van der Waals surface area contributed by atoms with Gasteiger partial charge >= 0.3 is 0 Å². The number of hydrogen-bond acceptors (Lipinski definition) is 7. The molecule has 10 nitrogen and oxygen atoms in total. The molecule has 0 radical (unpaired) electrons. The molecule has 0 aromatic heterocycles. The Bertz CT molecular complexity index is 1450. The second kappa shape index (κ2) is 15.1. The lowest BCUT2D eigenvalue weighted by molar-refractivity contribution is -0.140. The van der Waals surface area contributed by atoms with Gasteiger partial charge < -0.3 is 24.4 Å². The summed E-state index contributed by atoms with van der Waals surface area (Å²) in [5.74, 6) is 0.444. The maximum absolute atomic E-state index is 14.2. The molecule has 0 spiro atoms. The molecule has 0 fully saturated rings. The van der Waals surface area contributed by atoms with Gasteiger partial charge in [-0.25, -0.2) is 8.42 Å². The highest BCUT2D eigenvalue weighted by molar-refractivity contribution is 7.92. The van der Waals surface area contributed by atoms with Crippen molar-refractivity contribution in [2.24, 2.45) is 0 Å². The molecule has 0 aliphatic heterocycles. The van der Waals surface area contributed by atoms with Gasteiger partial charge in [0.15, 0.2) is 11.5 Å². The normalized spacial score (nSPS) is 11.7. The van der Waals surface area contributed by atoms with E-state index in [4.69, 9.17) is 14.2 Å². The number of carbonyl (C=O) groups excluding carboxylic acids is 2. The molecule has 0 unspecified atom stereocenters. The maximum Gasteiger partial charge on any atom is 0.244 e. The zero-order chi connectivity index (χ0) is 30.7. The van der Waals surface area contributed by atoms with Crippen LogP contribution in [0.15, 0.2) is 72.8 Å². The first-order valence-corrected chi connectivity index (χ1v) is 15.4. The van der Waals surface area contributed by atoms with Crippen molar-refractivity contribution in [2.75, 3.05) is 45.0 Å². The van der Waals surface area contributed by atoms with Gasteiger partial charge in [-0.05, 0) is 41.8 Å². The van der Waals surface area contributed by atoms with Crippen molar-refractivity contribution in [3.8, 4) is 17.2 Å². The van der Waals surface area contributed by atoms with E-state index in [1.165, 1.54) is 31.3 Å². The molecule has 3 aromatic rings. The molecule has 0 aliphatic carbocycles. The monoisotopic (exact) mass is 597 g/mol. The minimum Gasteiger partial charge on any atom is -0.497 e. The van der Waals surface area contributed by atoms with Crippen molar-refractivity contribution in [3.63, 3.8) is 0 Å². The fraction of sp³-hybridized carbons (Fsp3) is 0.355. The highest BCUT2D eigenvalue weighted by Crippen LogP contribution is 2.32. The molecule has 2 amide bonds. The second-order valence-corrected chi connectivity index (χ2v) is 11.6. The number of carbonyl (C=O) groups is 2. The minimum absolute atomic E-state index is 0.0522. The molecule has 3 rings (SSSR count). The van der Waals surface area contributed by atoms with Gasteiger partial charge in [0.2, 0.25) is 21.8 Å². The Balaban J connectivity index is 2.08. The molecule has 42 heavy (non-hydrogen) atoms. The molecule has 0 heterocycles. The molecule has 226 valence electrons. The third-order valence-electron chi connectivity index (χ3n) is 6.64. The van der Waals surface area contributed by atoms with Gasteiger partial charge in [-0.3, -0.25) is 13.9 Å². The summed E-state index contributed by atoms with van der Waals surface area (Å²) in [5, 5.41) is 2.92. The maximum atomic E-state index is 14.2. The van der Waals surface area contributed by atoms with Crippen LogP contribution in [0.1, 0.15) is 24.5 Å². The van der Waals surface area contributed by atoms with Crippen LogP contribution in [0, 0.1) is 0 Å². The summed E-state index contributed by atoms with van der Waals surface area (Å²) in [6.45, 7) is 1.90. The lowest BCUT2D eigenvalue weighted by atomic mass is 10.0. The predicted octanol–water partition coefficient (Wildman–Crippen LogP) is 3.64. The summed E-state index contributed by atoms with van der Waals surface area (Å²) in [5.41, 5.74) is 1.80. The second-order valence-electron chi connectivity index (χ2n) is 9.68. The first-order chi connectivity index (χ1) is 20.1. The zero-order valence-corrected chi connectivity index (χ0v) is 25.5. The van der Waals surface area contributed by atoms with Gasteiger partial charge in [0.25, 0.3) is 0 Å². The molecule has 1 atom stereocenters. The Morgan fingerprint density at radius 1 is 0.857 bits per heavy atom. The Labute approximate surface area is 248 Å². The van der Waals surface area contributed by atoms with Gasteiger partial charge in [0.1, 0.15) is 18.3 Å². The highest BCUT2D eigenvalue weighted by Gasteiger charge is 2.33. The quantitative estimate of drug-likeness (QED) is 0.285. The first-order valence-electron chi connectivity index (χ1n) is 13.5. The highest BCUT2D eigenvalue weighted by atomic mass is 32.2. The van der Waals surface area contributed by atoms with Gasteiger partial charge in [-0.2, -0.15) is 0 Å². The van der Waals surface area contributed by atoms with Gasteiger partial charge in [0, 0.05) is 25.6 Å². The number of hydrogen-bond donors (Lipinski definition) is 1. The van der Waals surface area contributed by atoms with E-state index in [2.05, 4.69) is 5.32 Å². The molecule has 11 heteroatoms. The van der Waals surface area contributed by atoms with E-state index in [1.54, 1.807) is 31.4 Å². The van der Waals surface area contributed by atoms with E-state index in [0.717, 1.165) is 28.1 Å². The van der Waals surface area contributed by atoms with Crippen LogP contribution in [-0.4, -0.2) is 71.8 Å². The number of methoxy groups -OCH3 is 3. The van der Waals surface area contributed by atoms with Gasteiger partial charge in [-0.15, -0.1) is 0 Å². The average Bonchev–Trinajstić information content (AvgIpc) is 2.99. The van der Waals surface area contributed by atoms with Gasteiger partial charge in [-0.1, -0.05) is 49.4 Å². The van der Waals surface area contributed by atoms with Crippen molar-refractivity contribution in [1.29, 1.82) is 0 Å². The summed E-state index contributed by atoms with van der Waals surface area (Å²) >= 11 is 0. The van der Waals surface area contributed by atoms with Crippen LogP contribution >= 0.6 is 0 Å². The van der Waals surface area contributed by atoms with E-state index in [9.17, 15) is 18.0 Å². The van der Waals surface area contributed by atoms with Crippen LogP contribution in [0.4, 0.5) is 5.69 Å². The smallest absolute Gasteiger partial charge is 0.244 e. The number of ether oxygens (including phenoxy) is 3.